The normalized spacial score (nSPS) is 21.2. The van der Waals surface area contributed by atoms with E-state index in [0.29, 0.717) is 29.2 Å². The number of para-hydroxylation sites is 1. The number of hydrogen-bond acceptors (Lipinski definition) is 9. The molecule has 2 aliphatic rings. The predicted octanol–water partition coefficient (Wildman–Crippen LogP) is 3.46. The van der Waals surface area contributed by atoms with Crippen molar-refractivity contribution in [3.63, 3.8) is 0 Å². The SMILES string of the molecule is COc1cc(OC)c2c(c1Cl)OC1(C(=O)C=C(Nc3ccccc3-c3nn[nH]n3)CC1C)C2=O. The molecule has 0 amide bonds. The molecule has 1 spiro atoms. The molecule has 2 atom stereocenters. The molecule has 1 aromatic heterocycles. The Hall–Kier alpha value is -3.92. The van der Waals surface area contributed by atoms with Gasteiger partial charge in [0.1, 0.15) is 22.1 Å². The van der Waals surface area contributed by atoms with Crippen LogP contribution in [0.25, 0.3) is 11.4 Å². The van der Waals surface area contributed by atoms with Crippen molar-refractivity contribution in [3.05, 3.63) is 52.7 Å². The molecule has 2 heterocycles. The van der Waals surface area contributed by atoms with Gasteiger partial charge in [-0.1, -0.05) is 30.7 Å². The molecule has 174 valence electrons. The van der Waals surface area contributed by atoms with Crippen LogP contribution in [0.4, 0.5) is 5.69 Å². The molecular formula is C23H20ClN5O5. The zero-order chi connectivity index (χ0) is 24.0. The Bertz CT molecular complexity index is 1340. The number of hydrogen-bond donors (Lipinski definition) is 2. The maximum atomic E-state index is 13.6. The molecule has 3 aromatic rings. The van der Waals surface area contributed by atoms with Crippen LogP contribution in [-0.4, -0.2) is 52.0 Å². The first-order valence-electron chi connectivity index (χ1n) is 10.4. The molecular weight excluding hydrogens is 462 g/mol. The van der Waals surface area contributed by atoms with Crippen molar-refractivity contribution in [2.24, 2.45) is 5.92 Å². The fourth-order valence-corrected chi connectivity index (χ4v) is 4.72. The molecule has 34 heavy (non-hydrogen) atoms. The topological polar surface area (TPSA) is 128 Å². The number of allylic oxidation sites excluding steroid dienone is 1. The van der Waals surface area contributed by atoms with Crippen molar-refractivity contribution >= 4 is 28.9 Å². The number of nitrogens with zero attached hydrogens (tertiary/aromatic N) is 3. The summed E-state index contributed by atoms with van der Waals surface area (Å²) in [5.74, 6) is -0.440. The average molecular weight is 482 g/mol. The van der Waals surface area contributed by atoms with Gasteiger partial charge in [0.15, 0.2) is 5.75 Å². The molecule has 5 rings (SSSR count). The van der Waals surface area contributed by atoms with Crippen LogP contribution < -0.4 is 19.5 Å². The quantitative estimate of drug-likeness (QED) is 0.526. The smallest absolute Gasteiger partial charge is 0.236 e. The van der Waals surface area contributed by atoms with Crippen molar-refractivity contribution in [2.75, 3.05) is 19.5 Å². The first kappa shape index (κ1) is 21.9. The van der Waals surface area contributed by atoms with E-state index in [4.69, 9.17) is 25.8 Å². The Labute approximate surface area is 199 Å². The third-order valence-electron chi connectivity index (χ3n) is 6.12. The van der Waals surface area contributed by atoms with E-state index < -0.39 is 23.1 Å². The van der Waals surface area contributed by atoms with Crippen molar-refractivity contribution in [1.29, 1.82) is 0 Å². The molecule has 2 aromatic carbocycles. The van der Waals surface area contributed by atoms with E-state index in [1.54, 1.807) is 6.92 Å². The van der Waals surface area contributed by atoms with E-state index >= 15 is 0 Å². The van der Waals surface area contributed by atoms with E-state index in [0.717, 1.165) is 0 Å². The number of halogens is 1. The second-order valence-electron chi connectivity index (χ2n) is 8.01. The van der Waals surface area contributed by atoms with E-state index in [1.165, 1.54) is 26.4 Å². The number of ether oxygens (including phenoxy) is 3. The van der Waals surface area contributed by atoms with Gasteiger partial charge in [-0.25, -0.2) is 0 Å². The maximum Gasteiger partial charge on any atom is 0.236 e. The summed E-state index contributed by atoms with van der Waals surface area (Å²) in [6, 6.07) is 8.89. The number of anilines is 1. The first-order valence-corrected chi connectivity index (χ1v) is 10.8. The lowest BCUT2D eigenvalue weighted by molar-refractivity contribution is -0.129. The largest absolute Gasteiger partial charge is 0.496 e. The summed E-state index contributed by atoms with van der Waals surface area (Å²) < 4.78 is 16.7. The Balaban J connectivity index is 1.51. The van der Waals surface area contributed by atoms with Gasteiger partial charge in [0.2, 0.25) is 23.0 Å². The lowest BCUT2D eigenvalue weighted by Gasteiger charge is -2.35. The van der Waals surface area contributed by atoms with Crippen molar-refractivity contribution in [3.8, 4) is 28.6 Å². The van der Waals surface area contributed by atoms with Crippen LogP contribution in [0.2, 0.25) is 5.02 Å². The summed E-state index contributed by atoms with van der Waals surface area (Å²) in [4.78, 5) is 27.1. The highest BCUT2D eigenvalue weighted by Crippen LogP contribution is 2.53. The van der Waals surface area contributed by atoms with Gasteiger partial charge in [0, 0.05) is 35.0 Å². The molecule has 1 aliphatic heterocycles. The standard InChI is InChI=1S/C23H20ClN5O5/c1-11-8-12(25-14-7-5-4-6-13(14)22-26-28-29-27-22)9-17(30)23(11)21(31)18-15(32-2)10-16(33-3)19(24)20(18)34-23/h4-7,9-11,25H,8H2,1-3H3,(H,26,27,28,29). The number of methoxy groups -OCH3 is 2. The van der Waals surface area contributed by atoms with Crippen molar-refractivity contribution < 1.29 is 23.8 Å². The highest BCUT2D eigenvalue weighted by atomic mass is 35.5. The number of ketones is 2. The molecule has 2 N–H and O–H groups in total. The van der Waals surface area contributed by atoms with E-state index in [1.807, 2.05) is 24.3 Å². The second-order valence-corrected chi connectivity index (χ2v) is 8.39. The van der Waals surface area contributed by atoms with Crippen LogP contribution in [0.1, 0.15) is 23.7 Å². The van der Waals surface area contributed by atoms with Crippen molar-refractivity contribution in [1.82, 2.24) is 20.6 Å². The molecule has 0 bridgehead atoms. The van der Waals surface area contributed by atoms with Gasteiger partial charge in [-0.3, -0.25) is 9.59 Å². The third kappa shape index (κ3) is 3.13. The van der Waals surface area contributed by atoms with E-state index in [2.05, 4.69) is 25.9 Å². The Morgan fingerprint density at radius 3 is 2.65 bits per heavy atom. The van der Waals surface area contributed by atoms with Crippen LogP contribution in [-0.2, 0) is 4.79 Å². The number of tetrazole rings is 1. The Morgan fingerprint density at radius 1 is 1.21 bits per heavy atom. The maximum absolute atomic E-state index is 13.6. The second kappa shape index (κ2) is 8.14. The third-order valence-corrected chi connectivity index (χ3v) is 6.48. The molecule has 0 fully saturated rings. The lowest BCUT2D eigenvalue weighted by Crippen LogP contribution is -2.55. The van der Waals surface area contributed by atoms with Crippen LogP contribution >= 0.6 is 11.6 Å². The van der Waals surface area contributed by atoms with Crippen LogP contribution in [0, 0.1) is 5.92 Å². The Kier molecular flexibility index (Phi) is 5.24. The van der Waals surface area contributed by atoms with Gasteiger partial charge in [0.05, 0.1) is 14.2 Å². The van der Waals surface area contributed by atoms with Gasteiger partial charge in [-0.2, -0.15) is 5.21 Å². The molecule has 0 saturated carbocycles. The first-order chi connectivity index (χ1) is 16.4. The molecule has 2 unspecified atom stereocenters. The number of aromatic amines is 1. The minimum atomic E-state index is -1.73. The van der Waals surface area contributed by atoms with Gasteiger partial charge in [-0.15, -0.1) is 10.2 Å². The summed E-state index contributed by atoms with van der Waals surface area (Å²) in [5.41, 5.74) is 0.441. The highest BCUT2D eigenvalue weighted by molar-refractivity contribution is 6.36. The number of fused-ring (bicyclic) bond motifs is 1. The number of benzene rings is 2. The lowest BCUT2D eigenvalue weighted by atomic mass is 9.74. The summed E-state index contributed by atoms with van der Waals surface area (Å²) in [7, 11) is 2.87. The van der Waals surface area contributed by atoms with Crippen LogP contribution in [0.15, 0.2) is 42.1 Å². The molecule has 0 radical (unpaired) electrons. The number of H-pyrrole nitrogens is 1. The van der Waals surface area contributed by atoms with Gasteiger partial charge < -0.3 is 19.5 Å². The number of Topliss-reactive ketones (excluding diaryl/α,β-unsaturated/α-hetero) is 1. The number of nitrogens with one attached hydrogen (secondary N) is 2. The summed E-state index contributed by atoms with van der Waals surface area (Å²) >= 11 is 6.43. The molecule has 0 saturated heterocycles. The number of rotatable bonds is 5. The zero-order valence-corrected chi connectivity index (χ0v) is 19.3. The number of carbonyl (C=O) groups is 2. The van der Waals surface area contributed by atoms with Crippen LogP contribution in [0.5, 0.6) is 17.2 Å². The zero-order valence-electron chi connectivity index (χ0n) is 18.5. The monoisotopic (exact) mass is 481 g/mol. The summed E-state index contributed by atoms with van der Waals surface area (Å²) in [5, 5.41) is 17.5. The summed E-state index contributed by atoms with van der Waals surface area (Å²) in [6.45, 7) is 1.79. The number of carbonyl (C=O) groups excluding carboxylic acids is 2. The van der Waals surface area contributed by atoms with E-state index in [-0.39, 0.29) is 27.8 Å². The highest BCUT2D eigenvalue weighted by Gasteiger charge is 2.60. The fourth-order valence-electron chi connectivity index (χ4n) is 4.45. The van der Waals surface area contributed by atoms with Gasteiger partial charge in [-0.05, 0) is 23.8 Å². The van der Waals surface area contributed by atoms with Crippen LogP contribution in [0.3, 0.4) is 0 Å². The van der Waals surface area contributed by atoms with Gasteiger partial charge in [0.25, 0.3) is 0 Å². The molecule has 1 aliphatic carbocycles. The summed E-state index contributed by atoms with van der Waals surface area (Å²) in [6.07, 6.45) is 1.76. The predicted molar refractivity (Wildman–Crippen MR) is 122 cm³/mol. The molecule has 11 heteroatoms. The Morgan fingerprint density at radius 2 is 1.97 bits per heavy atom. The van der Waals surface area contributed by atoms with Gasteiger partial charge >= 0.3 is 0 Å². The van der Waals surface area contributed by atoms with E-state index in [9.17, 15) is 9.59 Å². The fraction of sp³-hybridized carbons (Fsp3) is 0.261. The molecule has 10 nitrogen and oxygen atoms in total. The minimum absolute atomic E-state index is 0.0929. The number of aromatic nitrogens is 4. The average Bonchev–Trinajstić information content (AvgIpc) is 3.47. The van der Waals surface area contributed by atoms with Crippen molar-refractivity contribution in [2.45, 2.75) is 18.9 Å². The minimum Gasteiger partial charge on any atom is -0.496 e.